The normalized spacial score (nSPS) is 23.9. The molecule has 1 aromatic rings. The van der Waals surface area contributed by atoms with E-state index in [2.05, 4.69) is 0 Å². The van der Waals surface area contributed by atoms with Gasteiger partial charge in [-0.15, -0.1) is 11.3 Å². The van der Waals surface area contributed by atoms with Crippen molar-refractivity contribution in [1.82, 2.24) is 4.90 Å². The Labute approximate surface area is 130 Å². The Morgan fingerprint density at radius 2 is 2.00 bits per heavy atom. The lowest BCUT2D eigenvalue weighted by Crippen LogP contribution is -2.39. The van der Waals surface area contributed by atoms with Crippen molar-refractivity contribution in [1.29, 1.82) is 0 Å². The predicted molar refractivity (Wildman–Crippen MR) is 77.7 cm³/mol. The van der Waals surface area contributed by atoms with Crippen LogP contribution in [0.3, 0.4) is 0 Å². The van der Waals surface area contributed by atoms with Gasteiger partial charge < -0.3 is 10.0 Å². The van der Waals surface area contributed by atoms with Gasteiger partial charge in [-0.1, -0.05) is 23.2 Å². The van der Waals surface area contributed by atoms with Gasteiger partial charge >= 0.3 is 5.97 Å². The van der Waals surface area contributed by atoms with Crippen LogP contribution < -0.4 is 0 Å². The monoisotopic (exact) mass is 333 g/mol. The number of carboxylic acids is 1. The summed E-state index contributed by atoms with van der Waals surface area (Å²) in [6, 6.07) is 1.60. The van der Waals surface area contributed by atoms with Gasteiger partial charge in [0, 0.05) is 13.1 Å². The van der Waals surface area contributed by atoms with E-state index in [1.807, 2.05) is 0 Å². The summed E-state index contributed by atoms with van der Waals surface area (Å²) in [5.41, 5.74) is 0.377. The first-order valence-corrected chi connectivity index (χ1v) is 7.97. The van der Waals surface area contributed by atoms with Crippen LogP contribution in [0.5, 0.6) is 0 Å². The van der Waals surface area contributed by atoms with Crippen molar-refractivity contribution in [3.05, 3.63) is 20.3 Å². The molecule has 20 heavy (non-hydrogen) atoms. The Balaban J connectivity index is 1.66. The van der Waals surface area contributed by atoms with Gasteiger partial charge in [0.15, 0.2) is 0 Å². The van der Waals surface area contributed by atoms with Crippen molar-refractivity contribution in [2.45, 2.75) is 19.3 Å². The topological polar surface area (TPSA) is 57.6 Å². The molecule has 0 aromatic carbocycles. The van der Waals surface area contributed by atoms with Crippen molar-refractivity contribution in [3.8, 4) is 0 Å². The van der Waals surface area contributed by atoms with Gasteiger partial charge in [-0.3, -0.25) is 9.59 Å². The first-order valence-electron chi connectivity index (χ1n) is 6.40. The molecule has 1 N–H and O–H groups in total. The molecule has 1 aromatic heterocycles. The minimum atomic E-state index is -0.711. The van der Waals surface area contributed by atoms with E-state index in [1.165, 1.54) is 11.3 Å². The molecule has 1 spiro atoms. The number of piperidine rings is 1. The maximum Gasteiger partial charge on any atom is 0.307 e. The number of likely N-dealkylation sites (tertiary alicyclic amines) is 1. The third-order valence-corrected chi connectivity index (χ3v) is 5.91. The molecule has 1 aliphatic heterocycles. The van der Waals surface area contributed by atoms with Crippen molar-refractivity contribution in [3.63, 3.8) is 0 Å². The van der Waals surface area contributed by atoms with Crippen LogP contribution in [-0.4, -0.2) is 35.0 Å². The lowest BCUT2D eigenvalue weighted by molar-refractivity contribution is -0.139. The molecule has 1 saturated heterocycles. The molecule has 1 atom stereocenters. The van der Waals surface area contributed by atoms with E-state index in [9.17, 15) is 9.59 Å². The summed E-state index contributed by atoms with van der Waals surface area (Å²) < 4.78 is 0.912. The van der Waals surface area contributed by atoms with Gasteiger partial charge in [-0.2, -0.15) is 0 Å². The molecule has 1 amide bonds. The number of rotatable bonds is 2. The van der Waals surface area contributed by atoms with E-state index in [0.717, 1.165) is 19.3 Å². The largest absolute Gasteiger partial charge is 0.481 e. The Bertz CT molecular complexity index is 578. The number of aliphatic carboxylic acids is 1. The molecule has 7 heteroatoms. The Morgan fingerprint density at radius 1 is 1.35 bits per heavy atom. The van der Waals surface area contributed by atoms with Gasteiger partial charge in [-0.25, -0.2) is 0 Å². The minimum Gasteiger partial charge on any atom is -0.481 e. The van der Waals surface area contributed by atoms with Crippen molar-refractivity contribution >= 4 is 46.4 Å². The molecule has 1 unspecified atom stereocenters. The lowest BCUT2D eigenvalue weighted by atomic mass is 9.90. The van der Waals surface area contributed by atoms with Gasteiger partial charge in [0.05, 0.1) is 15.8 Å². The summed E-state index contributed by atoms with van der Waals surface area (Å²) in [5, 5.41) is 9.05. The summed E-state index contributed by atoms with van der Waals surface area (Å²) in [5.74, 6) is -1.04. The maximum atomic E-state index is 12.4. The lowest BCUT2D eigenvalue weighted by Gasteiger charge is -2.32. The smallest absolute Gasteiger partial charge is 0.307 e. The standard InChI is InChI=1S/C13H13Cl2NO3S/c14-9-5-7(10(15)20-9)11(17)16-3-1-13(2-4-16)6-8(13)12(18)19/h5,8H,1-4,6H2,(H,18,19). The number of halogens is 2. The molecule has 0 radical (unpaired) electrons. The number of carbonyl (C=O) groups excluding carboxylic acids is 1. The second-order valence-corrected chi connectivity index (χ2v) is 7.77. The summed E-state index contributed by atoms with van der Waals surface area (Å²) in [4.78, 5) is 25.1. The molecule has 1 aliphatic carbocycles. The van der Waals surface area contributed by atoms with Crippen LogP contribution in [0.25, 0.3) is 0 Å². The zero-order chi connectivity index (χ0) is 14.5. The summed E-state index contributed by atoms with van der Waals surface area (Å²) in [6.07, 6.45) is 2.26. The van der Waals surface area contributed by atoms with Crippen LogP contribution in [0, 0.1) is 11.3 Å². The third kappa shape index (κ3) is 2.32. The first kappa shape index (κ1) is 14.2. The van der Waals surface area contributed by atoms with E-state index in [4.69, 9.17) is 28.3 Å². The zero-order valence-corrected chi connectivity index (χ0v) is 12.9. The van der Waals surface area contributed by atoms with Crippen molar-refractivity contribution in [2.75, 3.05) is 13.1 Å². The van der Waals surface area contributed by atoms with Crippen LogP contribution in [0.4, 0.5) is 0 Å². The molecule has 108 valence electrons. The molecular weight excluding hydrogens is 321 g/mol. The molecule has 1 saturated carbocycles. The zero-order valence-electron chi connectivity index (χ0n) is 10.6. The number of carbonyl (C=O) groups is 2. The van der Waals surface area contributed by atoms with Crippen LogP contribution in [-0.2, 0) is 4.79 Å². The number of hydrogen-bond donors (Lipinski definition) is 1. The fourth-order valence-electron chi connectivity index (χ4n) is 3.06. The number of hydrogen-bond acceptors (Lipinski definition) is 3. The second-order valence-electron chi connectivity index (χ2n) is 5.49. The van der Waals surface area contributed by atoms with E-state index in [-0.39, 0.29) is 17.2 Å². The van der Waals surface area contributed by atoms with Crippen LogP contribution in [0.1, 0.15) is 29.6 Å². The molecule has 2 aliphatic rings. The fraction of sp³-hybridized carbons (Fsp3) is 0.538. The van der Waals surface area contributed by atoms with Gasteiger partial charge in [0.2, 0.25) is 0 Å². The number of thiophene rings is 1. The summed E-state index contributed by atoms with van der Waals surface area (Å²) in [7, 11) is 0. The SMILES string of the molecule is O=C(O)C1CC12CCN(C(=O)c1cc(Cl)sc1Cl)CC2. The highest BCUT2D eigenvalue weighted by atomic mass is 35.5. The highest BCUT2D eigenvalue weighted by Crippen LogP contribution is 2.59. The predicted octanol–water partition coefficient (Wildman–Crippen LogP) is 3.38. The summed E-state index contributed by atoms with van der Waals surface area (Å²) in [6.45, 7) is 1.18. The van der Waals surface area contributed by atoms with Crippen LogP contribution in [0.15, 0.2) is 6.07 Å². The molecule has 2 heterocycles. The Morgan fingerprint density at radius 3 is 2.45 bits per heavy atom. The first-order chi connectivity index (χ1) is 9.43. The average molecular weight is 334 g/mol. The average Bonchev–Trinajstić information content (AvgIpc) is 2.99. The highest BCUT2D eigenvalue weighted by Gasteiger charge is 2.59. The Hall–Kier alpha value is -0.780. The van der Waals surface area contributed by atoms with Crippen LogP contribution >= 0.6 is 34.5 Å². The van der Waals surface area contributed by atoms with Crippen LogP contribution in [0.2, 0.25) is 8.67 Å². The maximum absolute atomic E-state index is 12.4. The van der Waals surface area contributed by atoms with Gasteiger partial charge in [0.25, 0.3) is 5.91 Å². The molecular formula is C13H13Cl2NO3S. The van der Waals surface area contributed by atoms with E-state index < -0.39 is 5.97 Å². The molecule has 2 fully saturated rings. The number of amides is 1. The Kier molecular flexibility index (Phi) is 3.47. The third-order valence-electron chi connectivity index (χ3n) is 4.42. The molecule has 4 nitrogen and oxygen atoms in total. The number of carboxylic acid groups (broad SMARTS) is 1. The molecule has 0 bridgehead atoms. The van der Waals surface area contributed by atoms with Crippen molar-refractivity contribution in [2.24, 2.45) is 11.3 Å². The summed E-state index contributed by atoms with van der Waals surface area (Å²) >= 11 is 13.0. The highest BCUT2D eigenvalue weighted by molar-refractivity contribution is 7.20. The van der Waals surface area contributed by atoms with Gasteiger partial charge in [-0.05, 0) is 30.7 Å². The molecule has 3 rings (SSSR count). The van der Waals surface area contributed by atoms with Gasteiger partial charge in [0.1, 0.15) is 4.34 Å². The quantitative estimate of drug-likeness (QED) is 0.902. The second kappa shape index (κ2) is 4.90. The van der Waals surface area contributed by atoms with E-state index >= 15 is 0 Å². The van der Waals surface area contributed by atoms with E-state index in [0.29, 0.717) is 27.3 Å². The van der Waals surface area contributed by atoms with E-state index in [1.54, 1.807) is 11.0 Å². The van der Waals surface area contributed by atoms with Crippen molar-refractivity contribution < 1.29 is 14.7 Å². The minimum absolute atomic E-state index is 0.0707. The number of nitrogens with zero attached hydrogens (tertiary/aromatic N) is 1. The fourth-order valence-corrected chi connectivity index (χ4v) is 4.51.